The number of phenolic OH excluding ortho intramolecular Hbond substituents is 1. The number of hydrogen-bond acceptors (Lipinski definition) is 4. The van der Waals surface area contributed by atoms with Gasteiger partial charge in [-0.25, -0.2) is 0 Å². The SMILES string of the molecule is CCNC(=O)[C@H](C)N1CCN(c2ccccc2O)CC1. The highest BCUT2D eigenvalue weighted by Crippen LogP contribution is 2.27. The lowest BCUT2D eigenvalue weighted by Gasteiger charge is -2.38. The molecule has 1 atom stereocenters. The quantitative estimate of drug-likeness (QED) is 0.863. The molecule has 0 unspecified atom stereocenters. The number of likely N-dealkylation sites (N-methyl/N-ethyl adjacent to an activating group) is 1. The number of phenols is 1. The first-order chi connectivity index (χ1) is 9.63. The zero-order valence-electron chi connectivity index (χ0n) is 12.2. The van der Waals surface area contributed by atoms with E-state index >= 15 is 0 Å². The minimum Gasteiger partial charge on any atom is -0.506 e. The van der Waals surface area contributed by atoms with Crippen LogP contribution in [-0.4, -0.2) is 54.7 Å². The van der Waals surface area contributed by atoms with E-state index in [9.17, 15) is 9.90 Å². The van der Waals surface area contributed by atoms with Gasteiger partial charge in [0.25, 0.3) is 0 Å². The molecule has 0 bridgehead atoms. The van der Waals surface area contributed by atoms with Crippen molar-refractivity contribution < 1.29 is 9.90 Å². The molecule has 20 heavy (non-hydrogen) atoms. The molecule has 1 amide bonds. The molecule has 2 N–H and O–H groups in total. The Kier molecular flexibility index (Phi) is 4.84. The van der Waals surface area contributed by atoms with Gasteiger partial charge in [-0.2, -0.15) is 0 Å². The van der Waals surface area contributed by atoms with Gasteiger partial charge in [-0.15, -0.1) is 0 Å². The second-order valence-electron chi connectivity index (χ2n) is 5.08. The van der Waals surface area contributed by atoms with Crippen LogP contribution < -0.4 is 10.2 Å². The molecule has 0 aromatic heterocycles. The third-order valence-electron chi connectivity index (χ3n) is 3.81. The van der Waals surface area contributed by atoms with Gasteiger partial charge >= 0.3 is 0 Å². The van der Waals surface area contributed by atoms with Crippen LogP contribution >= 0.6 is 0 Å². The highest BCUT2D eigenvalue weighted by atomic mass is 16.3. The average molecular weight is 277 g/mol. The summed E-state index contributed by atoms with van der Waals surface area (Å²) in [5, 5.41) is 12.7. The first-order valence-electron chi connectivity index (χ1n) is 7.18. The summed E-state index contributed by atoms with van der Waals surface area (Å²) < 4.78 is 0. The molecule has 0 spiro atoms. The van der Waals surface area contributed by atoms with Crippen molar-refractivity contribution in [2.45, 2.75) is 19.9 Å². The van der Waals surface area contributed by atoms with Gasteiger partial charge in [0.1, 0.15) is 5.75 Å². The molecule has 1 heterocycles. The van der Waals surface area contributed by atoms with Crippen molar-refractivity contribution in [2.24, 2.45) is 0 Å². The van der Waals surface area contributed by atoms with E-state index in [4.69, 9.17) is 0 Å². The fraction of sp³-hybridized carbons (Fsp3) is 0.533. The zero-order valence-corrected chi connectivity index (χ0v) is 12.2. The number of carbonyl (C=O) groups excluding carboxylic acids is 1. The number of amides is 1. The second kappa shape index (κ2) is 6.61. The predicted octanol–water partition coefficient (Wildman–Crippen LogP) is 1.04. The normalized spacial score (nSPS) is 17.8. The van der Waals surface area contributed by atoms with E-state index in [1.807, 2.05) is 32.0 Å². The molecule has 110 valence electrons. The summed E-state index contributed by atoms with van der Waals surface area (Å²) in [6.45, 7) is 7.84. The summed E-state index contributed by atoms with van der Waals surface area (Å²) >= 11 is 0. The standard InChI is InChI=1S/C15H23N3O2/c1-3-16-15(20)12(2)17-8-10-18(11-9-17)13-6-4-5-7-14(13)19/h4-7,12,19H,3,8-11H2,1-2H3,(H,16,20)/t12-/m0/s1. The van der Waals surface area contributed by atoms with E-state index in [2.05, 4.69) is 15.1 Å². The summed E-state index contributed by atoms with van der Waals surface area (Å²) in [5.41, 5.74) is 0.873. The maximum Gasteiger partial charge on any atom is 0.237 e. The fourth-order valence-corrected chi connectivity index (χ4v) is 2.57. The second-order valence-corrected chi connectivity index (χ2v) is 5.08. The molecule has 5 nitrogen and oxygen atoms in total. The molecule has 1 aliphatic heterocycles. The summed E-state index contributed by atoms with van der Waals surface area (Å²) in [4.78, 5) is 16.2. The summed E-state index contributed by atoms with van der Waals surface area (Å²) in [6, 6.07) is 7.30. The number of rotatable bonds is 4. The van der Waals surface area contributed by atoms with Crippen molar-refractivity contribution in [1.82, 2.24) is 10.2 Å². The summed E-state index contributed by atoms with van der Waals surface area (Å²) in [6.07, 6.45) is 0. The van der Waals surface area contributed by atoms with Gasteiger partial charge in [0.15, 0.2) is 0 Å². The number of carbonyl (C=O) groups is 1. The monoisotopic (exact) mass is 277 g/mol. The number of piperazine rings is 1. The van der Waals surface area contributed by atoms with Crippen LogP contribution in [0, 0.1) is 0 Å². The van der Waals surface area contributed by atoms with Crippen LogP contribution in [0.2, 0.25) is 0 Å². The smallest absolute Gasteiger partial charge is 0.237 e. The molecule has 2 rings (SSSR count). The van der Waals surface area contributed by atoms with E-state index in [0.29, 0.717) is 12.3 Å². The van der Waals surface area contributed by atoms with Crippen LogP contribution in [0.15, 0.2) is 24.3 Å². The van der Waals surface area contributed by atoms with E-state index in [1.165, 1.54) is 0 Å². The number of para-hydroxylation sites is 2. The molecule has 0 radical (unpaired) electrons. The minimum atomic E-state index is -0.0959. The molecule has 1 aromatic rings. The lowest BCUT2D eigenvalue weighted by molar-refractivity contribution is -0.125. The number of benzene rings is 1. The van der Waals surface area contributed by atoms with Gasteiger partial charge in [-0.05, 0) is 26.0 Å². The van der Waals surface area contributed by atoms with Gasteiger partial charge in [0.2, 0.25) is 5.91 Å². The van der Waals surface area contributed by atoms with Gasteiger partial charge in [-0.1, -0.05) is 12.1 Å². The van der Waals surface area contributed by atoms with Crippen molar-refractivity contribution in [3.05, 3.63) is 24.3 Å². The first kappa shape index (κ1) is 14.7. The Balaban J connectivity index is 1.92. The van der Waals surface area contributed by atoms with Crippen LogP contribution in [0.4, 0.5) is 5.69 Å². The molecule has 0 saturated carbocycles. The van der Waals surface area contributed by atoms with E-state index < -0.39 is 0 Å². The van der Waals surface area contributed by atoms with Crippen LogP contribution in [0.5, 0.6) is 5.75 Å². The van der Waals surface area contributed by atoms with E-state index in [1.54, 1.807) is 6.07 Å². The van der Waals surface area contributed by atoms with Crippen molar-refractivity contribution in [1.29, 1.82) is 0 Å². The Morgan fingerprint density at radius 1 is 1.30 bits per heavy atom. The summed E-state index contributed by atoms with van der Waals surface area (Å²) in [5.74, 6) is 0.404. The lowest BCUT2D eigenvalue weighted by atomic mass is 10.2. The Morgan fingerprint density at radius 2 is 1.95 bits per heavy atom. The van der Waals surface area contributed by atoms with Crippen molar-refractivity contribution in [3.8, 4) is 5.75 Å². The Labute approximate surface area is 120 Å². The third kappa shape index (κ3) is 3.22. The van der Waals surface area contributed by atoms with Crippen LogP contribution in [0.1, 0.15) is 13.8 Å². The number of aromatic hydroxyl groups is 1. The van der Waals surface area contributed by atoms with Crippen molar-refractivity contribution in [3.63, 3.8) is 0 Å². The highest BCUT2D eigenvalue weighted by Gasteiger charge is 2.25. The van der Waals surface area contributed by atoms with Gasteiger partial charge in [-0.3, -0.25) is 9.69 Å². The molecule has 1 aliphatic rings. The minimum absolute atomic E-state index is 0.0866. The van der Waals surface area contributed by atoms with Gasteiger partial charge < -0.3 is 15.3 Å². The number of anilines is 1. The number of nitrogens with one attached hydrogen (secondary N) is 1. The molecular formula is C15H23N3O2. The molecule has 5 heteroatoms. The molecule has 1 aromatic carbocycles. The number of hydrogen-bond donors (Lipinski definition) is 2. The van der Waals surface area contributed by atoms with Crippen LogP contribution in [-0.2, 0) is 4.79 Å². The Morgan fingerprint density at radius 3 is 2.55 bits per heavy atom. The zero-order chi connectivity index (χ0) is 14.5. The number of nitrogens with zero attached hydrogens (tertiary/aromatic N) is 2. The summed E-state index contributed by atoms with van der Waals surface area (Å²) in [7, 11) is 0. The van der Waals surface area contributed by atoms with E-state index in [-0.39, 0.29) is 11.9 Å². The molecular weight excluding hydrogens is 254 g/mol. The maximum atomic E-state index is 11.8. The third-order valence-corrected chi connectivity index (χ3v) is 3.81. The average Bonchev–Trinajstić information content (AvgIpc) is 2.47. The van der Waals surface area contributed by atoms with Crippen molar-refractivity contribution >= 4 is 11.6 Å². The van der Waals surface area contributed by atoms with Crippen LogP contribution in [0.25, 0.3) is 0 Å². The topological polar surface area (TPSA) is 55.8 Å². The predicted molar refractivity (Wildman–Crippen MR) is 80.0 cm³/mol. The molecule has 1 saturated heterocycles. The maximum absolute atomic E-state index is 11.8. The van der Waals surface area contributed by atoms with Crippen molar-refractivity contribution in [2.75, 3.05) is 37.6 Å². The largest absolute Gasteiger partial charge is 0.506 e. The first-order valence-corrected chi connectivity index (χ1v) is 7.18. The fourth-order valence-electron chi connectivity index (χ4n) is 2.57. The highest BCUT2D eigenvalue weighted by molar-refractivity contribution is 5.81. The molecule has 0 aliphatic carbocycles. The van der Waals surface area contributed by atoms with E-state index in [0.717, 1.165) is 31.9 Å². The molecule has 1 fully saturated rings. The Bertz CT molecular complexity index is 456. The Hall–Kier alpha value is -1.75. The van der Waals surface area contributed by atoms with Gasteiger partial charge in [0, 0.05) is 32.7 Å². The van der Waals surface area contributed by atoms with Crippen LogP contribution in [0.3, 0.4) is 0 Å². The van der Waals surface area contributed by atoms with Gasteiger partial charge in [0.05, 0.1) is 11.7 Å². The lowest BCUT2D eigenvalue weighted by Crippen LogP contribution is -2.54.